The van der Waals surface area contributed by atoms with Crippen LogP contribution in [-0.4, -0.2) is 40.3 Å². The lowest BCUT2D eigenvalue weighted by Crippen LogP contribution is -2.43. The second kappa shape index (κ2) is 7.08. The van der Waals surface area contributed by atoms with Gasteiger partial charge in [-0.1, -0.05) is 6.07 Å². The van der Waals surface area contributed by atoms with Gasteiger partial charge in [0.05, 0.1) is 18.9 Å². The molecule has 118 valence electrons. The van der Waals surface area contributed by atoms with Gasteiger partial charge in [-0.25, -0.2) is 5.14 Å². The number of rotatable bonds is 6. The number of morpholine rings is 1. The molecule has 0 radical (unpaired) electrons. The molecule has 2 rings (SSSR count). The van der Waals surface area contributed by atoms with E-state index in [4.69, 9.17) is 9.88 Å². The Morgan fingerprint density at radius 3 is 2.90 bits per heavy atom. The maximum Gasteiger partial charge on any atom is 0.296 e. The normalized spacial score (nSPS) is 20.8. The molecular weight excluding hydrogens is 292 g/mol. The highest BCUT2D eigenvalue weighted by Gasteiger charge is 2.16. The Bertz CT molecular complexity index is 558. The Morgan fingerprint density at radius 1 is 1.48 bits per heavy atom. The molecule has 1 fully saturated rings. The van der Waals surface area contributed by atoms with Crippen molar-refractivity contribution in [2.75, 3.05) is 29.8 Å². The summed E-state index contributed by atoms with van der Waals surface area (Å²) in [6, 6.07) is 7.59. The van der Waals surface area contributed by atoms with Crippen LogP contribution in [0.4, 0.5) is 11.4 Å². The molecule has 0 spiro atoms. The number of nitrogens with two attached hydrogens (primary N) is 1. The highest BCUT2D eigenvalue weighted by molar-refractivity contribution is 7.90. The predicted molar refractivity (Wildman–Crippen MR) is 83.5 cm³/mol. The number of anilines is 2. The third kappa shape index (κ3) is 5.88. The third-order valence-electron chi connectivity index (χ3n) is 3.17. The number of ether oxygens (including phenoxy) is 1. The van der Waals surface area contributed by atoms with E-state index in [2.05, 4.69) is 22.3 Å². The topological polar surface area (TPSA) is 105 Å². The summed E-state index contributed by atoms with van der Waals surface area (Å²) in [5.74, 6) is 0. The highest BCUT2D eigenvalue weighted by atomic mass is 32.2. The quantitative estimate of drug-likeness (QED) is 0.611. The van der Waals surface area contributed by atoms with E-state index < -0.39 is 10.2 Å². The summed E-state index contributed by atoms with van der Waals surface area (Å²) in [6.07, 6.45) is 0.923. The van der Waals surface area contributed by atoms with Gasteiger partial charge >= 0.3 is 0 Å². The third-order valence-corrected chi connectivity index (χ3v) is 3.69. The van der Waals surface area contributed by atoms with Crippen molar-refractivity contribution >= 4 is 21.6 Å². The molecule has 8 heteroatoms. The predicted octanol–water partition coefficient (Wildman–Crippen LogP) is 0.481. The highest BCUT2D eigenvalue weighted by Crippen LogP contribution is 2.17. The molecule has 0 bridgehead atoms. The molecule has 2 unspecified atom stereocenters. The second-order valence-corrected chi connectivity index (χ2v) is 6.53. The van der Waals surface area contributed by atoms with Crippen LogP contribution in [0.25, 0.3) is 0 Å². The van der Waals surface area contributed by atoms with Gasteiger partial charge in [0.25, 0.3) is 10.2 Å². The summed E-state index contributed by atoms with van der Waals surface area (Å²) in [6.45, 7) is 4.44. The summed E-state index contributed by atoms with van der Waals surface area (Å²) in [7, 11) is -3.75. The van der Waals surface area contributed by atoms with Crippen LogP contribution < -0.4 is 20.5 Å². The Labute approximate surface area is 125 Å². The van der Waals surface area contributed by atoms with Crippen LogP contribution in [0.15, 0.2) is 24.3 Å². The molecular formula is C13H22N4O3S. The van der Waals surface area contributed by atoms with Gasteiger partial charge in [-0.15, -0.1) is 0 Å². The van der Waals surface area contributed by atoms with Crippen LogP contribution in [0.1, 0.15) is 13.3 Å². The monoisotopic (exact) mass is 314 g/mol. The van der Waals surface area contributed by atoms with Crippen molar-refractivity contribution in [3.8, 4) is 0 Å². The summed E-state index contributed by atoms with van der Waals surface area (Å²) in [5.41, 5.74) is 1.28. The molecule has 0 aromatic heterocycles. The van der Waals surface area contributed by atoms with Gasteiger partial charge in [0.1, 0.15) is 0 Å². The van der Waals surface area contributed by atoms with Gasteiger partial charge in [0.2, 0.25) is 0 Å². The maximum atomic E-state index is 11.0. The first kappa shape index (κ1) is 16.0. The largest absolute Gasteiger partial charge is 0.382 e. The number of nitrogens with one attached hydrogen (secondary N) is 3. The number of benzene rings is 1. The fourth-order valence-electron chi connectivity index (χ4n) is 2.38. The van der Waals surface area contributed by atoms with Crippen LogP contribution >= 0.6 is 0 Å². The van der Waals surface area contributed by atoms with E-state index in [0.717, 1.165) is 31.9 Å². The SMILES string of the molecule is CC(CC1COCCN1)Nc1cccc(NS(N)(=O)=O)c1. The van der Waals surface area contributed by atoms with Crippen molar-refractivity contribution in [2.24, 2.45) is 5.14 Å². The lowest BCUT2D eigenvalue weighted by molar-refractivity contribution is 0.0731. The molecule has 1 aliphatic rings. The fraction of sp³-hybridized carbons (Fsp3) is 0.538. The summed E-state index contributed by atoms with van der Waals surface area (Å²) < 4.78 is 29.7. The van der Waals surface area contributed by atoms with Crippen LogP contribution in [0.3, 0.4) is 0 Å². The smallest absolute Gasteiger partial charge is 0.296 e. The molecule has 2 atom stereocenters. The molecule has 0 aliphatic carbocycles. The Hall–Kier alpha value is -1.35. The van der Waals surface area contributed by atoms with Crippen molar-refractivity contribution in [3.63, 3.8) is 0 Å². The van der Waals surface area contributed by atoms with Crippen LogP contribution in [-0.2, 0) is 14.9 Å². The minimum Gasteiger partial charge on any atom is -0.382 e. The van der Waals surface area contributed by atoms with E-state index >= 15 is 0 Å². The van der Waals surface area contributed by atoms with Crippen molar-refractivity contribution in [1.29, 1.82) is 0 Å². The Morgan fingerprint density at radius 2 is 2.24 bits per heavy atom. The van der Waals surface area contributed by atoms with Crippen molar-refractivity contribution < 1.29 is 13.2 Å². The lowest BCUT2D eigenvalue weighted by Gasteiger charge is -2.27. The molecule has 1 heterocycles. The van der Waals surface area contributed by atoms with Crippen molar-refractivity contribution in [3.05, 3.63) is 24.3 Å². The zero-order valence-electron chi connectivity index (χ0n) is 12.0. The summed E-state index contributed by atoms with van der Waals surface area (Å²) >= 11 is 0. The molecule has 1 aromatic rings. The first-order valence-corrected chi connectivity index (χ1v) is 8.45. The zero-order valence-corrected chi connectivity index (χ0v) is 12.8. The van der Waals surface area contributed by atoms with Crippen molar-refractivity contribution in [1.82, 2.24) is 5.32 Å². The minimum absolute atomic E-state index is 0.230. The van der Waals surface area contributed by atoms with Gasteiger partial charge in [0.15, 0.2) is 0 Å². The maximum absolute atomic E-state index is 11.0. The van der Waals surface area contributed by atoms with Gasteiger partial charge in [-0.05, 0) is 31.5 Å². The minimum atomic E-state index is -3.75. The van der Waals surface area contributed by atoms with Gasteiger partial charge < -0.3 is 15.4 Å². The molecule has 0 saturated carbocycles. The standard InChI is InChI=1S/C13H22N4O3S/c1-10(7-13-9-20-6-5-15-13)16-11-3-2-4-12(8-11)17-21(14,18)19/h2-4,8,10,13,15-17H,5-7,9H2,1H3,(H2,14,18,19). The average molecular weight is 314 g/mol. The molecule has 1 aromatic carbocycles. The molecule has 21 heavy (non-hydrogen) atoms. The van der Waals surface area contributed by atoms with E-state index in [9.17, 15) is 8.42 Å². The Balaban J connectivity index is 1.90. The summed E-state index contributed by atoms with van der Waals surface area (Å²) in [5, 5.41) is 11.7. The van der Waals surface area contributed by atoms with E-state index in [-0.39, 0.29) is 6.04 Å². The van der Waals surface area contributed by atoms with E-state index in [1.165, 1.54) is 0 Å². The fourth-order valence-corrected chi connectivity index (χ4v) is 2.83. The Kier molecular flexibility index (Phi) is 5.40. The zero-order chi connectivity index (χ0) is 15.3. The van der Waals surface area contributed by atoms with Gasteiger partial charge in [-0.2, -0.15) is 8.42 Å². The molecule has 7 nitrogen and oxygen atoms in total. The first-order valence-electron chi connectivity index (χ1n) is 6.90. The number of hydrogen-bond acceptors (Lipinski definition) is 5. The molecule has 1 aliphatic heterocycles. The first-order chi connectivity index (χ1) is 9.92. The molecule has 5 N–H and O–H groups in total. The lowest BCUT2D eigenvalue weighted by atomic mass is 10.1. The van der Waals surface area contributed by atoms with Gasteiger partial charge in [0, 0.05) is 24.3 Å². The van der Waals surface area contributed by atoms with Crippen LogP contribution in [0.5, 0.6) is 0 Å². The van der Waals surface area contributed by atoms with Crippen LogP contribution in [0, 0.1) is 0 Å². The van der Waals surface area contributed by atoms with Gasteiger partial charge in [-0.3, -0.25) is 4.72 Å². The second-order valence-electron chi connectivity index (χ2n) is 5.23. The number of hydrogen-bond donors (Lipinski definition) is 4. The molecule has 1 saturated heterocycles. The van der Waals surface area contributed by atoms with Crippen LogP contribution in [0.2, 0.25) is 0 Å². The van der Waals surface area contributed by atoms with E-state index in [0.29, 0.717) is 11.7 Å². The van der Waals surface area contributed by atoms with E-state index in [1.54, 1.807) is 18.2 Å². The van der Waals surface area contributed by atoms with Crippen molar-refractivity contribution in [2.45, 2.75) is 25.4 Å². The molecule has 0 amide bonds. The van der Waals surface area contributed by atoms with E-state index in [1.807, 2.05) is 6.07 Å². The summed E-state index contributed by atoms with van der Waals surface area (Å²) in [4.78, 5) is 0. The average Bonchev–Trinajstić information content (AvgIpc) is 2.38.